The van der Waals surface area contributed by atoms with Gasteiger partial charge >= 0.3 is 0 Å². The molecule has 0 spiro atoms. The highest BCUT2D eigenvalue weighted by Gasteiger charge is 2.33. The summed E-state index contributed by atoms with van der Waals surface area (Å²) in [5.41, 5.74) is 5.86. The fraction of sp³-hybridized carbons (Fsp3) is 1.00. The molecular weight excluding hydrogens is 162 g/mol. The van der Waals surface area contributed by atoms with Gasteiger partial charge in [0.2, 0.25) is 0 Å². The third kappa shape index (κ3) is 2.05. The van der Waals surface area contributed by atoms with E-state index in [0.717, 1.165) is 37.5 Å². The van der Waals surface area contributed by atoms with Crippen LogP contribution in [0.25, 0.3) is 0 Å². The molecule has 2 nitrogen and oxygen atoms in total. The van der Waals surface area contributed by atoms with Crippen molar-refractivity contribution in [1.82, 2.24) is 0 Å². The number of ether oxygens (including phenoxy) is 1. The van der Waals surface area contributed by atoms with Crippen molar-refractivity contribution < 1.29 is 4.74 Å². The first-order valence-electron chi connectivity index (χ1n) is 5.69. The highest BCUT2D eigenvalue weighted by atomic mass is 16.5. The van der Waals surface area contributed by atoms with Gasteiger partial charge in [-0.3, -0.25) is 0 Å². The molecule has 2 aliphatic rings. The summed E-state index contributed by atoms with van der Waals surface area (Å²) in [4.78, 5) is 0. The molecule has 2 fully saturated rings. The molecule has 0 amide bonds. The van der Waals surface area contributed by atoms with Gasteiger partial charge in [-0.25, -0.2) is 0 Å². The lowest BCUT2D eigenvalue weighted by Crippen LogP contribution is -2.42. The highest BCUT2D eigenvalue weighted by Crippen LogP contribution is 2.35. The topological polar surface area (TPSA) is 35.2 Å². The molecule has 0 radical (unpaired) electrons. The Morgan fingerprint density at radius 1 is 1.08 bits per heavy atom. The van der Waals surface area contributed by atoms with Crippen LogP contribution in [-0.2, 0) is 4.74 Å². The summed E-state index contributed by atoms with van der Waals surface area (Å²) in [6.45, 7) is 2.81. The molecule has 0 aromatic heterocycles. The van der Waals surface area contributed by atoms with Crippen molar-refractivity contribution in [3.8, 4) is 0 Å². The third-order valence-electron chi connectivity index (χ3n) is 3.80. The molecule has 1 heterocycles. The molecule has 0 aromatic carbocycles. The van der Waals surface area contributed by atoms with Gasteiger partial charge in [0.15, 0.2) is 0 Å². The maximum absolute atomic E-state index is 5.86. The normalized spacial score (nSPS) is 28.4. The van der Waals surface area contributed by atoms with Crippen LogP contribution in [0.4, 0.5) is 0 Å². The SMILES string of the molecule is NCC(C1CCCCC1)C1COC1. The summed E-state index contributed by atoms with van der Waals surface area (Å²) in [5.74, 6) is 2.45. The lowest BCUT2D eigenvalue weighted by molar-refractivity contribution is -0.0742. The van der Waals surface area contributed by atoms with Crippen molar-refractivity contribution in [2.24, 2.45) is 23.5 Å². The van der Waals surface area contributed by atoms with Crippen LogP contribution < -0.4 is 5.73 Å². The second kappa shape index (κ2) is 4.43. The largest absolute Gasteiger partial charge is 0.381 e. The first-order valence-corrected chi connectivity index (χ1v) is 5.69. The van der Waals surface area contributed by atoms with Gasteiger partial charge in [0.25, 0.3) is 0 Å². The predicted molar refractivity (Wildman–Crippen MR) is 53.4 cm³/mol. The van der Waals surface area contributed by atoms with Crippen LogP contribution in [0, 0.1) is 17.8 Å². The van der Waals surface area contributed by atoms with E-state index in [4.69, 9.17) is 10.5 Å². The van der Waals surface area contributed by atoms with E-state index in [1.807, 2.05) is 0 Å². The molecule has 1 atom stereocenters. The Morgan fingerprint density at radius 2 is 1.77 bits per heavy atom. The monoisotopic (exact) mass is 183 g/mol. The summed E-state index contributed by atoms with van der Waals surface area (Å²) < 4.78 is 5.25. The molecule has 1 aliphatic heterocycles. The van der Waals surface area contributed by atoms with Crippen molar-refractivity contribution in [3.05, 3.63) is 0 Å². The second-order valence-corrected chi connectivity index (χ2v) is 4.60. The van der Waals surface area contributed by atoms with Crippen molar-refractivity contribution in [1.29, 1.82) is 0 Å². The Hall–Kier alpha value is -0.0800. The van der Waals surface area contributed by atoms with E-state index in [-0.39, 0.29) is 0 Å². The minimum Gasteiger partial charge on any atom is -0.381 e. The minimum atomic E-state index is 0.758. The number of hydrogen-bond donors (Lipinski definition) is 1. The predicted octanol–water partition coefficient (Wildman–Crippen LogP) is 1.79. The molecule has 13 heavy (non-hydrogen) atoms. The Morgan fingerprint density at radius 3 is 2.23 bits per heavy atom. The van der Waals surface area contributed by atoms with Crippen LogP contribution in [0.2, 0.25) is 0 Å². The summed E-state index contributed by atoms with van der Waals surface area (Å²) in [5, 5.41) is 0. The lowest BCUT2D eigenvalue weighted by atomic mass is 9.73. The molecule has 1 aliphatic carbocycles. The van der Waals surface area contributed by atoms with Gasteiger partial charge in [-0.05, 0) is 18.4 Å². The van der Waals surface area contributed by atoms with E-state index in [9.17, 15) is 0 Å². The van der Waals surface area contributed by atoms with Gasteiger partial charge in [-0.1, -0.05) is 32.1 Å². The molecule has 2 heteroatoms. The zero-order valence-corrected chi connectivity index (χ0v) is 8.37. The zero-order valence-electron chi connectivity index (χ0n) is 8.37. The summed E-state index contributed by atoms with van der Waals surface area (Å²) in [7, 11) is 0. The van der Waals surface area contributed by atoms with Gasteiger partial charge in [0, 0.05) is 5.92 Å². The van der Waals surface area contributed by atoms with Crippen LogP contribution in [0.3, 0.4) is 0 Å². The van der Waals surface area contributed by atoms with E-state index in [0.29, 0.717) is 0 Å². The second-order valence-electron chi connectivity index (χ2n) is 4.60. The molecule has 0 bridgehead atoms. The van der Waals surface area contributed by atoms with Crippen molar-refractivity contribution in [2.75, 3.05) is 19.8 Å². The van der Waals surface area contributed by atoms with E-state index in [1.165, 1.54) is 32.1 Å². The van der Waals surface area contributed by atoms with Crippen molar-refractivity contribution in [2.45, 2.75) is 32.1 Å². The van der Waals surface area contributed by atoms with Gasteiger partial charge in [-0.2, -0.15) is 0 Å². The molecule has 2 N–H and O–H groups in total. The van der Waals surface area contributed by atoms with Crippen LogP contribution in [0.15, 0.2) is 0 Å². The van der Waals surface area contributed by atoms with Gasteiger partial charge in [-0.15, -0.1) is 0 Å². The summed E-state index contributed by atoms with van der Waals surface area (Å²) in [6.07, 6.45) is 7.12. The van der Waals surface area contributed by atoms with E-state index in [1.54, 1.807) is 0 Å². The van der Waals surface area contributed by atoms with Crippen molar-refractivity contribution >= 4 is 0 Å². The average Bonchev–Trinajstić information content (AvgIpc) is 2.12. The molecule has 0 aromatic rings. The fourth-order valence-electron chi connectivity index (χ4n) is 2.83. The first kappa shape index (κ1) is 9.47. The van der Waals surface area contributed by atoms with Crippen molar-refractivity contribution in [3.63, 3.8) is 0 Å². The van der Waals surface area contributed by atoms with Gasteiger partial charge in [0.1, 0.15) is 0 Å². The first-order chi connectivity index (χ1) is 6.42. The quantitative estimate of drug-likeness (QED) is 0.724. The van der Waals surface area contributed by atoms with E-state index in [2.05, 4.69) is 0 Å². The fourth-order valence-corrected chi connectivity index (χ4v) is 2.83. The third-order valence-corrected chi connectivity index (χ3v) is 3.80. The Labute approximate surface area is 80.8 Å². The van der Waals surface area contributed by atoms with Crippen LogP contribution in [0.5, 0.6) is 0 Å². The molecular formula is C11H21NO. The van der Waals surface area contributed by atoms with E-state index >= 15 is 0 Å². The maximum Gasteiger partial charge on any atom is 0.0519 e. The Balaban J connectivity index is 1.86. The lowest BCUT2D eigenvalue weighted by Gasteiger charge is -2.39. The summed E-state index contributed by atoms with van der Waals surface area (Å²) in [6, 6.07) is 0. The average molecular weight is 183 g/mol. The molecule has 1 unspecified atom stereocenters. The molecule has 2 rings (SSSR count). The zero-order chi connectivity index (χ0) is 9.10. The van der Waals surface area contributed by atoms with Crippen LogP contribution in [0.1, 0.15) is 32.1 Å². The van der Waals surface area contributed by atoms with Crippen LogP contribution >= 0.6 is 0 Å². The number of nitrogens with two attached hydrogens (primary N) is 1. The van der Waals surface area contributed by atoms with Gasteiger partial charge < -0.3 is 10.5 Å². The molecule has 1 saturated heterocycles. The maximum atomic E-state index is 5.86. The Bertz CT molecular complexity index is 150. The number of rotatable bonds is 3. The smallest absolute Gasteiger partial charge is 0.0519 e. The minimum absolute atomic E-state index is 0.758. The van der Waals surface area contributed by atoms with Gasteiger partial charge in [0.05, 0.1) is 13.2 Å². The van der Waals surface area contributed by atoms with Crippen LogP contribution in [-0.4, -0.2) is 19.8 Å². The van der Waals surface area contributed by atoms with E-state index < -0.39 is 0 Å². The molecule has 76 valence electrons. The molecule has 1 saturated carbocycles. The summed E-state index contributed by atoms with van der Waals surface area (Å²) >= 11 is 0. The highest BCUT2D eigenvalue weighted by molar-refractivity contribution is 4.83. The standard InChI is InChI=1S/C11H21NO/c12-6-11(10-7-13-8-10)9-4-2-1-3-5-9/h9-11H,1-8,12H2. The Kier molecular flexibility index (Phi) is 3.23. The number of hydrogen-bond acceptors (Lipinski definition) is 2.